The Bertz CT molecular complexity index is 653. The quantitative estimate of drug-likeness (QED) is 0.651. The number of hydrogen-bond acceptors (Lipinski definition) is 1. The second-order valence-electron chi connectivity index (χ2n) is 5.09. The SMILES string of the molecule is CC(C)NCc1ccc(-c2cc(F)c(F)cc2F)cc1F. The first kappa shape index (κ1) is 15.5. The molecule has 112 valence electrons. The first-order valence-corrected chi connectivity index (χ1v) is 6.55. The molecule has 0 spiro atoms. The molecule has 5 heteroatoms. The van der Waals surface area contributed by atoms with Crippen LogP contribution >= 0.6 is 0 Å². The fourth-order valence-corrected chi connectivity index (χ4v) is 1.92. The summed E-state index contributed by atoms with van der Waals surface area (Å²) in [5.74, 6) is -3.89. The van der Waals surface area contributed by atoms with Gasteiger partial charge in [0.15, 0.2) is 11.6 Å². The van der Waals surface area contributed by atoms with E-state index in [0.29, 0.717) is 18.2 Å². The molecule has 0 aliphatic carbocycles. The van der Waals surface area contributed by atoms with E-state index in [-0.39, 0.29) is 17.2 Å². The van der Waals surface area contributed by atoms with Crippen LogP contribution < -0.4 is 5.32 Å². The van der Waals surface area contributed by atoms with Gasteiger partial charge in [-0.1, -0.05) is 26.0 Å². The van der Waals surface area contributed by atoms with Crippen molar-refractivity contribution in [2.24, 2.45) is 0 Å². The minimum Gasteiger partial charge on any atom is -0.310 e. The zero-order valence-corrected chi connectivity index (χ0v) is 11.7. The van der Waals surface area contributed by atoms with Gasteiger partial charge in [-0.05, 0) is 17.7 Å². The molecule has 0 heterocycles. The van der Waals surface area contributed by atoms with E-state index < -0.39 is 23.3 Å². The number of halogens is 4. The summed E-state index contributed by atoms with van der Waals surface area (Å²) in [4.78, 5) is 0. The Morgan fingerprint density at radius 3 is 2.14 bits per heavy atom. The normalized spacial score (nSPS) is 11.2. The lowest BCUT2D eigenvalue weighted by atomic mass is 10.0. The average Bonchev–Trinajstić information content (AvgIpc) is 2.41. The molecule has 0 bridgehead atoms. The molecule has 0 aliphatic heterocycles. The Hall–Kier alpha value is -1.88. The third kappa shape index (κ3) is 3.61. The van der Waals surface area contributed by atoms with Crippen molar-refractivity contribution in [3.8, 4) is 11.1 Å². The van der Waals surface area contributed by atoms with Crippen molar-refractivity contribution in [1.29, 1.82) is 0 Å². The number of benzene rings is 2. The van der Waals surface area contributed by atoms with Crippen molar-refractivity contribution in [2.45, 2.75) is 26.4 Å². The minimum absolute atomic E-state index is 0.164. The van der Waals surface area contributed by atoms with Crippen LogP contribution in [0.4, 0.5) is 17.6 Å². The lowest BCUT2D eigenvalue weighted by Gasteiger charge is -2.11. The Labute approximate surface area is 120 Å². The van der Waals surface area contributed by atoms with E-state index in [1.807, 2.05) is 13.8 Å². The fraction of sp³-hybridized carbons (Fsp3) is 0.250. The first-order chi connectivity index (χ1) is 9.88. The van der Waals surface area contributed by atoms with Crippen molar-refractivity contribution < 1.29 is 17.6 Å². The smallest absolute Gasteiger partial charge is 0.161 e. The topological polar surface area (TPSA) is 12.0 Å². The lowest BCUT2D eigenvalue weighted by Crippen LogP contribution is -2.22. The van der Waals surface area contributed by atoms with Crippen LogP contribution in [0.3, 0.4) is 0 Å². The maximum absolute atomic E-state index is 14.0. The van der Waals surface area contributed by atoms with Crippen LogP contribution in [0.15, 0.2) is 30.3 Å². The Kier molecular flexibility index (Phi) is 4.63. The van der Waals surface area contributed by atoms with Gasteiger partial charge in [0.25, 0.3) is 0 Å². The van der Waals surface area contributed by atoms with Gasteiger partial charge in [-0.3, -0.25) is 0 Å². The van der Waals surface area contributed by atoms with E-state index in [2.05, 4.69) is 5.32 Å². The maximum atomic E-state index is 14.0. The van der Waals surface area contributed by atoms with Crippen molar-refractivity contribution >= 4 is 0 Å². The summed E-state index contributed by atoms with van der Waals surface area (Å²) < 4.78 is 53.7. The van der Waals surface area contributed by atoms with E-state index in [4.69, 9.17) is 0 Å². The summed E-state index contributed by atoms with van der Waals surface area (Å²) in [5.41, 5.74) is 0.420. The molecule has 0 saturated heterocycles. The Balaban J connectivity index is 2.34. The van der Waals surface area contributed by atoms with Crippen LogP contribution in [0.1, 0.15) is 19.4 Å². The molecule has 0 saturated carbocycles. The predicted octanol–water partition coefficient (Wildman–Crippen LogP) is 4.41. The van der Waals surface area contributed by atoms with E-state index >= 15 is 0 Å². The molecule has 0 unspecified atom stereocenters. The summed E-state index contributed by atoms with van der Waals surface area (Å²) >= 11 is 0. The number of nitrogens with one attached hydrogen (secondary N) is 1. The molecule has 0 radical (unpaired) electrons. The van der Waals surface area contributed by atoms with Crippen LogP contribution in [0.5, 0.6) is 0 Å². The summed E-state index contributed by atoms with van der Waals surface area (Å²) in [7, 11) is 0. The molecule has 0 amide bonds. The third-order valence-electron chi connectivity index (χ3n) is 3.07. The number of hydrogen-bond donors (Lipinski definition) is 1. The van der Waals surface area contributed by atoms with Gasteiger partial charge < -0.3 is 5.32 Å². The first-order valence-electron chi connectivity index (χ1n) is 6.55. The Morgan fingerprint density at radius 1 is 0.857 bits per heavy atom. The van der Waals surface area contributed by atoms with E-state index in [1.165, 1.54) is 12.1 Å². The van der Waals surface area contributed by atoms with Crippen molar-refractivity contribution in [3.63, 3.8) is 0 Å². The van der Waals surface area contributed by atoms with Crippen LogP contribution in [0, 0.1) is 23.3 Å². The lowest BCUT2D eigenvalue weighted by molar-refractivity contribution is 0.496. The predicted molar refractivity (Wildman–Crippen MR) is 73.7 cm³/mol. The minimum atomic E-state index is -1.27. The summed E-state index contributed by atoms with van der Waals surface area (Å²) in [6.07, 6.45) is 0. The Morgan fingerprint density at radius 2 is 1.52 bits per heavy atom. The molecule has 1 nitrogen and oxygen atoms in total. The molecule has 0 atom stereocenters. The van der Waals surface area contributed by atoms with Crippen LogP contribution in [-0.4, -0.2) is 6.04 Å². The second kappa shape index (κ2) is 6.26. The van der Waals surface area contributed by atoms with Crippen LogP contribution in [0.25, 0.3) is 11.1 Å². The highest BCUT2D eigenvalue weighted by Gasteiger charge is 2.13. The zero-order chi connectivity index (χ0) is 15.6. The van der Waals surface area contributed by atoms with Crippen LogP contribution in [-0.2, 0) is 6.54 Å². The van der Waals surface area contributed by atoms with Gasteiger partial charge in [0.1, 0.15) is 11.6 Å². The van der Waals surface area contributed by atoms with Gasteiger partial charge in [-0.15, -0.1) is 0 Å². The molecule has 0 aliphatic rings. The van der Waals surface area contributed by atoms with Gasteiger partial charge in [0, 0.05) is 29.8 Å². The van der Waals surface area contributed by atoms with E-state index in [1.54, 1.807) is 0 Å². The van der Waals surface area contributed by atoms with E-state index in [9.17, 15) is 17.6 Å². The van der Waals surface area contributed by atoms with Crippen LogP contribution in [0.2, 0.25) is 0 Å². The summed E-state index contributed by atoms with van der Waals surface area (Å²) in [6, 6.07) is 5.49. The monoisotopic (exact) mass is 297 g/mol. The van der Waals surface area contributed by atoms with Crippen molar-refractivity contribution in [3.05, 3.63) is 59.2 Å². The average molecular weight is 297 g/mol. The zero-order valence-electron chi connectivity index (χ0n) is 11.7. The molecule has 2 aromatic rings. The molecule has 0 fully saturated rings. The highest BCUT2D eigenvalue weighted by molar-refractivity contribution is 5.64. The van der Waals surface area contributed by atoms with Gasteiger partial charge >= 0.3 is 0 Å². The molecule has 0 aromatic heterocycles. The van der Waals surface area contributed by atoms with Gasteiger partial charge in [-0.2, -0.15) is 0 Å². The molecule has 2 rings (SSSR count). The molecular weight excluding hydrogens is 282 g/mol. The van der Waals surface area contributed by atoms with Gasteiger partial charge in [-0.25, -0.2) is 17.6 Å². The standard InChI is InChI=1S/C16H15F4N/c1-9(2)21-8-11-4-3-10(5-13(11)17)12-6-15(19)16(20)7-14(12)18/h3-7,9,21H,8H2,1-2H3. The summed E-state index contributed by atoms with van der Waals surface area (Å²) in [6.45, 7) is 4.20. The largest absolute Gasteiger partial charge is 0.310 e. The molecule has 1 N–H and O–H groups in total. The van der Waals surface area contributed by atoms with E-state index in [0.717, 1.165) is 12.1 Å². The van der Waals surface area contributed by atoms with Gasteiger partial charge in [0.05, 0.1) is 0 Å². The van der Waals surface area contributed by atoms with Gasteiger partial charge in [0.2, 0.25) is 0 Å². The fourth-order valence-electron chi connectivity index (χ4n) is 1.92. The second-order valence-corrected chi connectivity index (χ2v) is 5.09. The highest BCUT2D eigenvalue weighted by atomic mass is 19.2. The maximum Gasteiger partial charge on any atom is 0.161 e. The molecule has 21 heavy (non-hydrogen) atoms. The van der Waals surface area contributed by atoms with Crippen molar-refractivity contribution in [1.82, 2.24) is 5.32 Å². The summed E-state index contributed by atoms with van der Waals surface area (Å²) in [5, 5.41) is 3.07. The third-order valence-corrected chi connectivity index (χ3v) is 3.07. The number of rotatable bonds is 4. The molecular formula is C16H15F4N. The molecule has 2 aromatic carbocycles. The van der Waals surface area contributed by atoms with Crippen molar-refractivity contribution in [2.75, 3.05) is 0 Å². The highest BCUT2D eigenvalue weighted by Crippen LogP contribution is 2.26.